The molecule has 0 radical (unpaired) electrons. The van der Waals surface area contributed by atoms with Crippen LogP contribution in [0.3, 0.4) is 0 Å². The predicted octanol–water partition coefficient (Wildman–Crippen LogP) is 4.31. The number of anilines is 3. The van der Waals surface area contributed by atoms with E-state index < -0.39 is 0 Å². The molecule has 0 aliphatic carbocycles. The summed E-state index contributed by atoms with van der Waals surface area (Å²) < 4.78 is 5.88. The van der Waals surface area contributed by atoms with Gasteiger partial charge in [-0.15, -0.1) is 0 Å². The number of aromatic nitrogens is 4. The Morgan fingerprint density at radius 3 is 2.66 bits per heavy atom. The Balaban J connectivity index is 1.24. The Kier molecular flexibility index (Phi) is 5.43. The lowest BCUT2D eigenvalue weighted by molar-refractivity contribution is 0.00983. The summed E-state index contributed by atoms with van der Waals surface area (Å²) in [4.78, 5) is 20.4. The maximum Gasteiger partial charge on any atom is 0.224 e. The smallest absolute Gasteiger partial charge is 0.224 e. The summed E-state index contributed by atoms with van der Waals surface area (Å²) in [5.74, 6) is 2.63. The molecule has 0 amide bonds. The molecule has 9 nitrogen and oxygen atoms in total. The molecule has 0 saturated carbocycles. The molecule has 178 valence electrons. The molecule has 2 fully saturated rings. The first-order valence-electron chi connectivity index (χ1n) is 11.8. The van der Waals surface area contributed by atoms with Gasteiger partial charge >= 0.3 is 0 Å². The van der Waals surface area contributed by atoms with Gasteiger partial charge in [-0.2, -0.15) is 0 Å². The van der Waals surface area contributed by atoms with Crippen molar-refractivity contribution in [3.8, 4) is 11.5 Å². The van der Waals surface area contributed by atoms with Crippen LogP contribution >= 0.6 is 0 Å². The van der Waals surface area contributed by atoms with Gasteiger partial charge in [-0.25, -0.2) is 19.9 Å². The number of ether oxygens (including phenoxy) is 1. The van der Waals surface area contributed by atoms with Crippen LogP contribution in [0.2, 0.25) is 0 Å². The zero-order chi connectivity index (χ0) is 23.8. The van der Waals surface area contributed by atoms with Crippen molar-refractivity contribution in [2.45, 2.75) is 43.5 Å². The van der Waals surface area contributed by atoms with Crippen molar-refractivity contribution in [1.29, 1.82) is 0 Å². The third-order valence-corrected chi connectivity index (χ3v) is 7.05. The van der Waals surface area contributed by atoms with Crippen LogP contribution in [0.1, 0.15) is 25.7 Å². The summed E-state index contributed by atoms with van der Waals surface area (Å²) in [7, 11) is 2.11. The van der Waals surface area contributed by atoms with E-state index in [4.69, 9.17) is 9.72 Å². The van der Waals surface area contributed by atoms with Crippen molar-refractivity contribution in [3.05, 3.63) is 67.1 Å². The molecule has 4 heterocycles. The molecule has 3 unspecified atom stereocenters. The maximum atomic E-state index is 10.4. The molecule has 0 spiro atoms. The van der Waals surface area contributed by atoms with Gasteiger partial charge in [-0.05, 0) is 62.7 Å². The Hall–Kier alpha value is -3.82. The van der Waals surface area contributed by atoms with E-state index in [0.717, 1.165) is 36.4 Å². The molecule has 35 heavy (non-hydrogen) atoms. The summed E-state index contributed by atoms with van der Waals surface area (Å²) >= 11 is 0. The van der Waals surface area contributed by atoms with Crippen LogP contribution in [0, 0.1) is 0 Å². The Morgan fingerprint density at radius 1 is 1.03 bits per heavy atom. The first kappa shape index (κ1) is 21.7. The van der Waals surface area contributed by atoms with Gasteiger partial charge in [0.1, 0.15) is 28.9 Å². The van der Waals surface area contributed by atoms with Crippen molar-refractivity contribution in [2.75, 3.05) is 17.7 Å². The standard InChI is InChI=1S/C26H27N7O2/c1-33-18-11-12-26(33,14-19(34)13-18)32-25-27-15-22-23(31-25)24(29-16-28-22)30-17-7-9-21(10-8-17)35-20-5-3-2-4-6-20/h2-10,15-16,18-19,34H,11-14H2,1H3,(H,27,31,32)(H,28,29,30). The van der Waals surface area contributed by atoms with E-state index in [1.54, 1.807) is 6.20 Å². The third kappa shape index (κ3) is 4.24. The van der Waals surface area contributed by atoms with E-state index in [9.17, 15) is 5.11 Å². The van der Waals surface area contributed by atoms with Gasteiger partial charge in [-0.3, -0.25) is 4.90 Å². The summed E-state index contributed by atoms with van der Waals surface area (Å²) in [6.45, 7) is 0. The van der Waals surface area contributed by atoms with Crippen molar-refractivity contribution in [2.24, 2.45) is 0 Å². The molecule has 9 heteroatoms. The second kappa shape index (κ2) is 8.75. The average molecular weight is 470 g/mol. The number of benzene rings is 2. The molecule has 2 aliphatic heterocycles. The molecule has 6 rings (SSSR count). The van der Waals surface area contributed by atoms with E-state index in [1.807, 2.05) is 54.6 Å². The topological polar surface area (TPSA) is 108 Å². The predicted molar refractivity (Wildman–Crippen MR) is 134 cm³/mol. The molecular weight excluding hydrogens is 442 g/mol. The lowest BCUT2D eigenvalue weighted by Crippen LogP contribution is -2.56. The van der Waals surface area contributed by atoms with Gasteiger partial charge in [0.15, 0.2) is 5.82 Å². The number of piperidine rings is 1. The number of aliphatic hydroxyl groups is 1. The number of nitrogens with one attached hydrogen (secondary N) is 2. The number of fused-ring (bicyclic) bond motifs is 3. The second-order valence-corrected chi connectivity index (χ2v) is 9.27. The Bertz CT molecular complexity index is 1330. The number of para-hydroxylation sites is 1. The van der Waals surface area contributed by atoms with Crippen molar-refractivity contribution in [3.63, 3.8) is 0 Å². The summed E-state index contributed by atoms with van der Waals surface area (Å²) in [5, 5.41) is 17.3. The van der Waals surface area contributed by atoms with Crippen molar-refractivity contribution < 1.29 is 9.84 Å². The van der Waals surface area contributed by atoms with E-state index in [0.29, 0.717) is 35.3 Å². The lowest BCUT2D eigenvalue weighted by Gasteiger charge is -2.44. The van der Waals surface area contributed by atoms with Crippen LogP contribution in [0.25, 0.3) is 11.0 Å². The molecule has 2 saturated heterocycles. The van der Waals surface area contributed by atoms with E-state index >= 15 is 0 Å². The fourth-order valence-corrected chi connectivity index (χ4v) is 5.22. The maximum absolute atomic E-state index is 10.4. The Morgan fingerprint density at radius 2 is 1.83 bits per heavy atom. The highest BCUT2D eigenvalue weighted by molar-refractivity contribution is 5.87. The zero-order valence-corrected chi connectivity index (χ0v) is 19.4. The number of hydrogen-bond acceptors (Lipinski definition) is 9. The van der Waals surface area contributed by atoms with Gasteiger partial charge in [0.2, 0.25) is 5.95 Å². The molecular formula is C26H27N7O2. The van der Waals surface area contributed by atoms with Gasteiger partial charge in [0.25, 0.3) is 0 Å². The highest BCUT2D eigenvalue weighted by Crippen LogP contribution is 2.43. The van der Waals surface area contributed by atoms with Crippen molar-refractivity contribution in [1.82, 2.24) is 24.8 Å². The first-order valence-corrected chi connectivity index (χ1v) is 11.8. The molecule has 2 aliphatic rings. The number of rotatable bonds is 6. The van der Waals surface area contributed by atoms with Gasteiger partial charge in [0.05, 0.1) is 18.0 Å². The van der Waals surface area contributed by atoms with Crippen LogP contribution in [0.15, 0.2) is 67.1 Å². The highest BCUT2D eigenvalue weighted by atomic mass is 16.5. The van der Waals surface area contributed by atoms with E-state index in [1.165, 1.54) is 6.33 Å². The number of aliphatic hydroxyl groups excluding tert-OH is 1. The first-order chi connectivity index (χ1) is 17.1. The SMILES string of the molecule is CN1C2CCC1(Nc1ncc3ncnc(Nc4ccc(Oc5ccccc5)cc4)c3n1)CC(O)C2. The summed E-state index contributed by atoms with van der Waals surface area (Å²) in [6.07, 6.45) is 6.34. The van der Waals surface area contributed by atoms with E-state index in [-0.39, 0.29) is 11.8 Å². The van der Waals surface area contributed by atoms with Crippen LogP contribution in [-0.2, 0) is 0 Å². The van der Waals surface area contributed by atoms with Gasteiger partial charge in [-0.1, -0.05) is 18.2 Å². The molecule has 3 N–H and O–H groups in total. The van der Waals surface area contributed by atoms with Crippen LogP contribution in [0.5, 0.6) is 11.5 Å². The normalized spacial score (nSPS) is 23.8. The molecule has 2 aromatic heterocycles. The average Bonchev–Trinajstić information content (AvgIpc) is 3.04. The highest BCUT2D eigenvalue weighted by Gasteiger charge is 2.50. The van der Waals surface area contributed by atoms with Crippen LogP contribution < -0.4 is 15.4 Å². The molecule has 3 atom stereocenters. The quantitative estimate of drug-likeness (QED) is 0.380. The van der Waals surface area contributed by atoms with Crippen molar-refractivity contribution >= 4 is 28.5 Å². The zero-order valence-electron chi connectivity index (χ0n) is 19.4. The minimum Gasteiger partial charge on any atom is -0.457 e. The van der Waals surface area contributed by atoms with Crippen LogP contribution in [-0.4, -0.2) is 54.8 Å². The third-order valence-electron chi connectivity index (χ3n) is 7.05. The second-order valence-electron chi connectivity index (χ2n) is 9.27. The van der Waals surface area contributed by atoms with Crippen LogP contribution in [0.4, 0.5) is 17.5 Å². The fraction of sp³-hybridized carbons (Fsp3) is 0.308. The lowest BCUT2D eigenvalue weighted by atomic mass is 9.95. The number of nitrogens with zero attached hydrogens (tertiary/aromatic N) is 5. The monoisotopic (exact) mass is 469 g/mol. The number of hydrogen-bond donors (Lipinski definition) is 3. The largest absolute Gasteiger partial charge is 0.457 e. The fourth-order valence-electron chi connectivity index (χ4n) is 5.22. The summed E-state index contributed by atoms with van der Waals surface area (Å²) in [6, 6.07) is 17.7. The summed E-state index contributed by atoms with van der Waals surface area (Å²) in [5.41, 5.74) is 1.79. The van der Waals surface area contributed by atoms with Gasteiger partial charge < -0.3 is 20.5 Å². The Labute approximate surface area is 203 Å². The van der Waals surface area contributed by atoms with Gasteiger partial charge in [0, 0.05) is 18.2 Å². The minimum atomic E-state index is -0.339. The molecule has 2 aromatic carbocycles. The molecule has 2 bridgehead atoms. The molecule has 4 aromatic rings. The minimum absolute atomic E-state index is 0.318. The van der Waals surface area contributed by atoms with E-state index in [2.05, 4.69) is 37.5 Å².